The van der Waals surface area contributed by atoms with Crippen LogP contribution in [-0.4, -0.2) is 16.9 Å². The van der Waals surface area contributed by atoms with E-state index in [4.69, 9.17) is 5.73 Å². The van der Waals surface area contributed by atoms with Crippen molar-refractivity contribution in [3.05, 3.63) is 35.7 Å². The summed E-state index contributed by atoms with van der Waals surface area (Å²) < 4.78 is 0. The molecule has 0 spiro atoms. The minimum Gasteiger partial charge on any atom is -0.320 e. The molecule has 106 valence electrons. The maximum Gasteiger partial charge on any atom is 0.243 e. The Bertz CT molecular complexity index is 568. The molecule has 1 amide bonds. The van der Waals surface area contributed by atoms with Gasteiger partial charge in [0.15, 0.2) is 5.13 Å². The molecule has 2 unspecified atom stereocenters. The molecule has 0 radical (unpaired) electrons. The molecule has 0 aliphatic carbocycles. The lowest BCUT2D eigenvalue weighted by atomic mass is 10.00. The van der Waals surface area contributed by atoms with Gasteiger partial charge in [-0.05, 0) is 5.92 Å². The Morgan fingerprint density at radius 2 is 2.10 bits per heavy atom. The van der Waals surface area contributed by atoms with Crippen molar-refractivity contribution in [3.8, 4) is 11.3 Å². The molecular formula is C15H19N3OS. The zero-order valence-electron chi connectivity index (χ0n) is 11.7. The van der Waals surface area contributed by atoms with Gasteiger partial charge in [-0.1, -0.05) is 50.6 Å². The van der Waals surface area contributed by atoms with Gasteiger partial charge >= 0.3 is 0 Å². The first kappa shape index (κ1) is 14.7. The lowest BCUT2D eigenvalue weighted by molar-refractivity contribution is -0.118. The average molecular weight is 289 g/mol. The van der Waals surface area contributed by atoms with Gasteiger partial charge in [0.05, 0.1) is 11.7 Å². The van der Waals surface area contributed by atoms with Gasteiger partial charge in [-0.15, -0.1) is 11.3 Å². The number of benzene rings is 1. The van der Waals surface area contributed by atoms with Gasteiger partial charge in [-0.3, -0.25) is 4.79 Å². The molecule has 2 rings (SSSR count). The number of thiazole rings is 1. The molecular weight excluding hydrogens is 270 g/mol. The number of aromatic nitrogens is 1. The van der Waals surface area contributed by atoms with Crippen molar-refractivity contribution in [3.63, 3.8) is 0 Å². The van der Waals surface area contributed by atoms with E-state index in [0.717, 1.165) is 17.7 Å². The summed E-state index contributed by atoms with van der Waals surface area (Å²) >= 11 is 1.41. The van der Waals surface area contributed by atoms with Crippen LogP contribution >= 0.6 is 11.3 Å². The van der Waals surface area contributed by atoms with E-state index in [2.05, 4.69) is 10.3 Å². The summed E-state index contributed by atoms with van der Waals surface area (Å²) in [6, 6.07) is 9.38. The highest BCUT2D eigenvalue weighted by Crippen LogP contribution is 2.24. The summed E-state index contributed by atoms with van der Waals surface area (Å²) in [4.78, 5) is 16.4. The third-order valence-electron chi connectivity index (χ3n) is 3.36. The number of amides is 1. The first-order valence-corrected chi connectivity index (χ1v) is 7.57. The number of rotatable bonds is 5. The summed E-state index contributed by atoms with van der Waals surface area (Å²) in [5.41, 5.74) is 7.80. The molecule has 1 aromatic carbocycles. The summed E-state index contributed by atoms with van der Waals surface area (Å²) in [6.45, 7) is 4.00. The molecule has 0 saturated carbocycles. The zero-order chi connectivity index (χ0) is 14.5. The quantitative estimate of drug-likeness (QED) is 0.888. The molecule has 0 bridgehead atoms. The number of hydrogen-bond acceptors (Lipinski definition) is 4. The molecule has 0 saturated heterocycles. The first-order valence-electron chi connectivity index (χ1n) is 6.69. The van der Waals surface area contributed by atoms with Gasteiger partial charge in [-0.2, -0.15) is 0 Å². The van der Waals surface area contributed by atoms with Crippen molar-refractivity contribution in [1.29, 1.82) is 0 Å². The Hall–Kier alpha value is -1.72. The largest absolute Gasteiger partial charge is 0.320 e. The molecule has 0 fully saturated rings. The monoisotopic (exact) mass is 289 g/mol. The molecule has 1 aromatic heterocycles. The number of carbonyl (C=O) groups is 1. The Kier molecular flexibility index (Phi) is 4.87. The fourth-order valence-corrected chi connectivity index (χ4v) is 2.50. The van der Waals surface area contributed by atoms with E-state index in [-0.39, 0.29) is 11.8 Å². The minimum absolute atomic E-state index is 0.156. The number of anilines is 1. The van der Waals surface area contributed by atoms with Gasteiger partial charge in [0, 0.05) is 10.9 Å². The second kappa shape index (κ2) is 6.63. The summed E-state index contributed by atoms with van der Waals surface area (Å²) in [5.74, 6) is -0.0168. The van der Waals surface area contributed by atoms with Crippen LogP contribution in [0.15, 0.2) is 35.7 Å². The molecule has 5 heteroatoms. The lowest BCUT2D eigenvalue weighted by Crippen LogP contribution is -2.40. The Balaban J connectivity index is 2.05. The van der Waals surface area contributed by atoms with Crippen molar-refractivity contribution < 1.29 is 4.79 Å². The number of hydrogen-bond donors (Lipinski definition) is 2. The highest BCUT2D eigenvalue weighted by molar-refractivity contribution is 7.14. The van der Waals surface area contributed by atoms with Crippen LogP contribution in [0.5, 0.6) is 0 Å². The van der Waals surface area contributed by atoms with Crippen LogP contribution in [0.2, 0.25) is 0 Å². The van der Waals surface area contributed by atoms with Crippen LogP contribution in [0.4, 0.5) is 5.13 Å². The minimum atomic E-state index is -0.496. The smallest absolute Gasteiger partial charge is 0.243 e. The Morgan fingerprint density at radius 3 is 2.75 bits per heavy atom. The Morgan fingerprint density at radius 1 is 1.40 bits per heavy atom. The van der Waals surface area contributed by atoms with Crippen molar-refractivity contribution in [1.82, 2.24) is 4.98 Å². The molecule has 2 aromatic rings. The van der Waals surface area contributed by atoms with Crippen LogP contribution in [0.25, 0.3) is 11.3 Å². The van der Waals surface area contributed by atoms with E-state index >= 15 is 0 Å². The second-order valence-electron chi connectivity index (χ2n) is 4.80. The molecule has 2 atom stereocenters. The summed E-state index contributed by atoms with van der Waals surface area (Å²) in [6.07, 6.45) is 0.877. The summed E-state index contributed by atoms with van der Waals surface area (Å²) in [5, 5.41) is 5.31. The Labute approximate surface area is 123 Å². The van der Waals surface area contributed by atoms with Gasteiger partial charge < -0.3 is 11.1 Å². The van der Waals surface area contributed by atoms with Gasteiger partial charge in [0.2, 0.25) is 5.91 Å². The van der Waals surface area contributed by atoms with Crippen LogP contribution in [0.1, 0.15) is 20.3 Å². The maximum atomic E-state index is 12.0. The second-order valence-corrected chi connectivity index (χ2v) is 5.66. The van der Waals surface area contributed by atoms with Crippen molar-refractivity contribution in [2.24, 2.45) is 11.7 Å². The maximum absolute atomic E-state index is 12.0. The van der Waals surface area contributed by atoms with Crippen LogP contribution in [0.3, 0.4) is 0 Å². The first-order chi connectivity index (χ1) is 9.61. The highest BCUT2D eigenvalue weighted by atomic mass is 32.1. The fourth-order valence-electron chi connectivity index (χ4n) is 1.77. The van der Waals surface area contributed by atoms with Crippen LogP contribution in [-0.2, 0) is 4.79 Å². The zero-order valence-corrected chi connectivity index (χ0v) is 12.5. The van der Waals surface area contributed by atoms with Gasteiger partial charge in [0.25, 0.3) is 0 Å². The van der Waals surface area contributed by atoms with Gasteiger partial charge in [0.1, 0.15) is 0 Å². The standard InChI is InChI=1S/C15H19N3OS/c1-3-10(2)13(16)14(19)18-15-17-12(9-20-15)11-7-5-4-6-8-11/h4-10,13H,3,16H2,1-2H3,(H,17,18,19). The van der Waals surface area contributed by atoms with Crippen molar-refractivity contribution >= 4 is 22.4 Å². The van der Waals surface area contributed by atoms with Crippen LogP contribution < -0.4 is 11.1 Å². The predicted octanol–water partition coefficient (Wildman–Crippen LogP) is 3.12. The predicted molar refractivity (Wildman–Crippen MR) is 83.6 cm³/mol. The van der Waals surface area contributed by atoms with E-state index in [1.807, 2.05) is 49.6 Å². The molecule has 4 nitrogen and oxygen atoms in total. The van der Waals surface area contributed by atoms with E-state index in [9.17, 15) is 4.79 Å². The van der Waals surface area contributed by atoms with E-state index < -0.39 is 6.04 Å². The SMILES string of the molecule is CCC(C)C(N)C(=O)Nc1nc(-c2ccccc2)cs1. The molecule has 0 aliphatic heterocycles. The van der Waals surface area contributed by atoms with E-state index in [1.54, 1.807) is 0 Å². The third-order valence-corrected chi connectivity index (χ3v) is 4.12. The summed E-state index contributed by atoms with van der Waals surface area (Å²) in [7, 11) is 0. The molecule has 0 aliphatic rings. The van der Waals surface area contributed by atoms with E-state index in [0.29, 0.717) is 5.13 Å². The number of carbonyl (C=O) groups excluding carboxylic acids is 1. The lowest BCUT2D eigenvalue weighted by Gasteiger charge is -2.16. The number of nitrogens with zero attached hydrogens (tertiary/aromatic N) is 1. The third kappa shape index (κ3) is 3.43. The fraction of sp³-hybridized carbons (Fsp3) is 0.333. The number of nitrogens with two attached hydrogens (primary N) is 1. The highest BCUT2D eigenvalue weighted by Gasteiger charge is 2.20. The molecule has 20 heavy (non-hydrogen) atoms. The van der Waals surface area contributed by atoms with Crippen LogP contribution in [0, 0.1) is 5.92 Å². The van der Waals surface area contributed by atoms with Crippen molar-refractivity contribution in [2.75, 3.05) is 5.32 Å². The number of nitrogens with one attached hydrogen (secondary N) is 1. The van der Waals surface area contributed by atoms with Gasteiger partial charge in [-0.25, -0.2) is 4.98 Å². The molecule has 3 N–H and O–H groups in total. The normalized spacial score (nSPS) is 13.8. The van der Waals surface area contributed by atoms with E-state index in [1.165, 1.54) is 11.3 Å². The van der Waals surface area contributed by atoms with Crippen molar-refractivity contribution in [2.45, 2.75) is 26.3 Å². The topological polar surface area (TPSA) is 68.0 Å². The molecule has 1 heterocycles. The average Bonchev–Trinajstić information content (AvgIpc) is 2.95.